The molecule has 1 fully saturated rings. The minimum Gasteiger partial charge on any atom is -0.481 e. The van der Waals surface area contributed by atoms with Crippen molar-refractivity contribution in [3.8, 4) is 11.1 Å². The first-order valence-corrected chi connectivity index (χ1v) is 17.1. The number of carboxylic acid groups (broad SMARTS) is 1. The van der Waals surface area contributed by atoms with Crippen LogP contribution in [0.1, 0.15) is 78.9 Å². The number of aromatic nitrogens is 1. The predicted molar refractivity (Wildman–Crippen MR) is 188 cm³/mol. The lowest BCUT2D eigenvalue weighted by atomic mass is 9.97. The minimum atomic E-state index is -0.803. The van der Waals surface area contributed by atoms with Crippen LogP contribution in [-0.2, 0) is 38.6 Å². The quantitative estimate of drug-likeness (QED) is 0.108. The number of carbonyl (C=O) groups is 2. The Bertz CT molecular complexity index is 1610. The molecular weight excluding hydrogens is 618 g/mol. The summed E-state index contributed by atoms with van der Waals surface area (Å²) in [5, 5.41) is 21.4. The Hall–Kier alpha value is -4.41. The first kappa shape index (κ1) is 35.9. The van der Waals surface area contributed by atoms with Crippen LogP contribution in [0, 0.1) is 0 Å². The number of pyridine rings is 1. The molecule has 1 amide bonds. The third-order valence-electron chi connectivity index (χ3n) is 8.89. The highest BCUT2D eigenvalue weighted by Crippen LogP contribution is 2.38. The maximum atomic E-state index is 12.5. The van der Waals surface area contributed by atoms with Gasteiger partial charge in [0, 0.05) is 62.8 Å². The molecule has 3 atom stereocenters. The van der Waals surface area contributed by atoms with Gasteiger partial charge in [-0.05, 0) is 59.8 Å². The number of nitrogens with zero attached hydrogens (tertiary/aromatic N) is 2. The molecule has 49 heavy (non-hydrogen) atoms. The van der Waals surface area contributed by atoms with Gasteiger partial charge >= 0.3 is 5.97 Å². The van der Waals surface area contributed by atoms with E-state index < -0.39 is 12.3 Å². The summed E-state index contributed by atoms with van der Waals surface area (Å²) in [6.45, 7) is 2.02. The molecule has 1 aromatic heterocycles. The normalized spacial score (nSPS) is 17.6. The fraction of sp³-hybridized carbons (Fsp3) is 0.375. The number of aliphatic hydroxyl groups excluding tert-OH is 1. The Kier molecular flexibility index (Phi) is 13.5. The van der Waals surface area contributed by atoms with Crippen molar-refractivity contribution in [2.75, 3.05) is 20.1 Å². The van der Waals surface area contributed by atoms with Crippen molar-refractivity contribution in [3.63, 3.8) is 0 Å². The number of rotatable bonds is 17. The van der Waals surface area contributed by atoms with Crippen molar-refractivity contribution in [2.24, 2.45) is 0 Å². The summed E-state index contributed by atoms with van der Waals surface area (Å²) in [5.74, 6) is -0.841. The van der Waals surface area contributed by atoms with E-state index >= 15 is 0 Å². The van der Waals surface area contributed by atoms with Gasteiger partial charge in [-0.15, -0.1) is 0 Å². The Balaban J connectivity index is 1.24. The van der Waals surface area contributed by atoms with Gasteiger partial charge in [-0.1, -0.05) is 85.3 Å². The van der Waals surface area contributed by atoms with E-state index in [4.69, 9.17) is 14.6 Å². The number of aliphatic hydroxyl groups is 1. The molecule has 4 aromatic rings. The van der Waals surface area contributed by atoms with Crippen molar-refractivity contribution in [3.05, 3.63) is 125 Å². The summed E-state index contributed by atoms with van der Waals surface area (Å²) in [6.07, 6.45) is 5.11. The second-order valence-corrected chi connectivity index (χ2v) is 12.7. The lowest BCUT2D eigenvalue weighted by Crippen LogP contribution is -2.38. The van der Waals surface area contributed by atoms with E-state index in [1.165, 1.54) is 0 Å². The second-order valence-electron chi connectivity index (χ2n) is 12.7. The van der Waals surface area contributed by atoms with Crippen molar-refractivity contribution in [2.45, 2.75) is 76.6 Å². The predicted octanol–water partition coefficient (Wildman–Crippen LogP) is 6.61. The number of amides is 1. The lowest BCUT2D eigenvalue weighted by Gasteiger charge is -2.38. The average molecular weight is 666 g/mol. The van der Waals surface area contributed by atoms with Gasteiger partial charge < -0.3 is 29.9 Å². The molecule has 9 nitrogen and oxygen atoms in total. The van der Waals surface area contributed by atoms with E-state index in [1.807, 2.05) is 72.9 Å². The van der Waals surface area contributed by atoms with Crippen molar-refractivity contribution in [1.82, 2.24) is 15.2 Å². The minimum absolute atomic E-state index is 0.000733. The molecule has 3 aromatic carbocycles. The average Bonchev–Trinajstić information content (AvgIpc) is 3.13. The summed E-state index contributed by atoms with van der Waals surface area (Å²) < 4.78 is 13.2. The number of hydrogen-bond donors (Lipinski definition) is 3. The summed E-state index contributed by atoms with van der Waals surface area (Å²) in [4.78, 5) is 29.9. The highest BCUT2D eigenvalue weighted by atomic mass is 16.7. The summed E-state index contributed by atoms with van der Waals surface area (Å²) in [7, 11) is 2.11. The molecule has 0 bridgehead atoms. The number of carbonyl (C=O) groups excluding carboxylic acids is 1. The molecule has 0 saturated carbocycles. The van der Waals surface area contributed by atoms with Crippen LogP contribution in [0.15, 0.2) is 97.2 Å². The number of likely N-dealkylation sites (N-methyl/N-ethyl adjacent to an activating group) is 1. The smallest absolute Gasteiger partial charge is 0.303 e. The molecule has 1 saturated heterocycles. The number of aliphatic carboxylic acids is 1. The number of unbranched alkanes of at least 4 members (excludes halogenated alkanes) is 2. The molecule has 0 spiro atoms. The highest BCUT2D eigenvalue weighted by molar-refractivity contribution is 5.76. The van der Waals surface area contributed by atoms with Crippen LogP contribution in [0.3, 0.4) is 0 Å². The lowest BCUT2D eigenvalue weighted by molar-refractivity contribution is -0.252. The Morgan fingerprint density at radius 1 is 0.878 bits per heavy atom. The molecule has 0 aliphatic carbocycles. The standard InChI is InChI=1S/C40H47N3O6/c1-43(24-22-34-10-7-8-23-41-34)27-35-25-37(31-16-14-29(28-44)15-17-31)49-40(48-35)32-20-18-30(19-21-32)36-11-6-5-9-33(36)26-42-38(45)12-3-2-4-13-39(46)47/h5-11,14-21,23,35,37,40,44H,2-4,12-13,22,24-28H2,1H3,(H,42,45)(H,46,47)/t35-,37+,40+/m1/s1. The highest BCUT2D eigenvalue weighted by Gasteiger charge is 2.32. The van der Waals surface area contributed by atoms with Gasteiger partial charge in [-0.2, -0.15) is 0 Å². The fourth-order valence-corrected chi connectivity index (χ4v) is 6.12. The Morgan fingerprint density at radius 2 is 1.61 bits per heavy atom. The second kappa shape index (κ2) is 18.4. The summed E-state index contributed by atoms with van der Waals surface area (Å²) >= 11 is 0. The van der Waals surface area contributed by atoms with Gasteiger partial charge in [-0.25, -0.2) is 0 Å². The molecular formula is C40H47N3O6. The number of carboxylic acids is 1. The Morgan fingerprint density at radius 3 is 2.35 bits per heavy atom. The van der Waals surface area contributed by atoms with Crippen LogP contribution < -0.4 is 5.32 Å². The van der Waals surface area contributed by atoms with Gasteiger partial charge in [0.1, 0.15) is 0 Å². The zero-order valence-corrected chi connectivity index (χ0v) is 28.2. The first-order valence-electron chi connectivity index (χ1n) is 17.1. The molecule has 0 radical (unpaired) electrons. The molecule has 2 heterocycles. The zero-order valence-electron chi connectivity index (χ0n) is 28.2. The van der Waals surface area contributed by atoms with Gasteiger partial charge in [0.2, 0.25) is 5.91 Å². The maximum Gasteiger partial charge on any atom is 0.303 e. The van der Waals surface area contributed by atoms with E-state index in [-0.39, 0.29) is 31.1 Å². The zero-order chi connectivity index (χ0) is 34.4. The molecule has 0 unspecified atom stereocenters. The molecule has 9 heteroatoms. The first-order chi connectivity index (χ1) is 23.9. The number of nitrogens with one attached hydrogen (secondary N) is 1. The van der Waals surface area contributed by atoms with Crippen LogP contribution in [0.25, 0.3) is 11.1 Å². The van der Waals surface area contributed by atoms with E-state index in [0.717, 1.165) is 65.0 Å². The van der Waals surface area contributed by atoms with Gasteiger partial charge in [0.25, 0.3) is 0 Å². The number of ether oxygens (including phenoxy) is 2. The summed E-state index contributed by atoms with van der Waals surface area (Å²) in [6, 6.07) is 30.2. The molecule has 5 rings (SSSR count). The van der Waals surface area contributed by atoms with Crippen molar-refractivity contribution < 1.29 is 29.3 Å². The number of hydrogen-bond acceptors (Lipinski definition) is 7. The van der Waals surface area contributed by atoms with E-state index in [0.29, 0.717) is 32.2 Å². The van der Waals surface area contributed by atoms with Crippen molar-refractivity contribution in [1.29, 1.82) is 0 Å². The molecule has 258 valence electrons. The summed E-state index contributed by atoms with van der Waals surface area (Å²) in [5.41, 5.74) is 6.99. The third kappa shape index (κ3) is 11.1. The largest absolute Gasteiger partial charge is 0.481 e. The molecule has 3 N–H and O–H groups in total. The van der Waals surface area contributed by atoms with Crippen LogP contribution in [-0.4, -0.2) is 58.2 Å². The van der Waals surface area contributed by atoms with E-state index in [2.05, 4.69) is 46.5 Å². The Labute approximate surface area is 288 Å². The van der Waals surface area contributed by atoms with Crippen LogP contribution in [0.2, 0.25) is 0 Å². The monoisotopic (exact) mass is 665 g/mol. The van der Waals surface area contributed by atoms with Crippen LogP contribution >= 0.6 is 0 Å². The van der Waals surface area contributed by atoms with E-state index in [9.17, 15) is 14.7 Å². The molecule has 1 aliphatic rings. The molecule has 1 aliphatic heterocycles. The van der Waals surface area contributed by atoms with Gasteiger partial charge in [0.15, 0.2) is 6.29 Å². The fourth-order valence-electron chi connectivity index (χ4n) is 6.12. The third-order valence-corrected chi connectivity index (χ3v) is 8.89. The van der Waals surface area contributed by atoms with E-state index in [1.54, 1.807) is 0 Å². The van der Waals surface area contributed by atoms with Crippen LogP contribution in [0.4, 0.5) is 0 Å². The van der Waals surface area contributed by atoms with Gasteiger partial charge in [0.05, 0.1) is 18.8 Å². The SMILES string of the molecule is CN(CCc1ccccn1)C[C@H]1C[C@@H](c2ccc(CO)cc2)O[C@@H](c2ccc(-c3ccccc3CNC(=O)CCCCCC(=O)O)cc2)O1. The van der Waals surface area contributed by atoms with Crippen LogP contribution in [0.5, 0.6) is 0 Å². The maximum absolute atomic E-state index is 12.5. The topological polar surface area (TPSA) is 121 Å². The van der Waals surface area contributed by atoms with Gasteiger partial charge in [-0.3, -0.25) is 14.6 Å². The van der Waals surface area contributed by atoms with Crippen molar-refractivity contribution >= 4 is 11.9 Å². The number of benzene rings is 3.